The van der Waals surface area contributed by atoms with Gasteiger partial charge in [0.05, 0.1) is 6.42 Å². The van der Waals surface area contributed by atoms with Gasteiger partial charge < -0.3 is 9.80 Å². The molecular weight excluding hydrogens is 320 g/mol. The first-order valence-electron chi connectivity index (χ1n) is 8.47. The van der Waals surface area contributed by atoms with Crippen LogP contribution in [0, 0.1) is 5.41 Å². The normalized spacial score (nSPS) is 15.5. The van der Waals surface area contributed by atoms with Crippen molar-refractivity contribution in [2.24, 2.45) is 5.41 Å². The highest BCUT2D eigenvalue weighted by Crippen LogP contribution is 2.20. The lowest BCUT2D eigenvalue weighted by Gasteiger charge is -2.36. The van der Waals surface area contributed by atoms with Crippen molar-refractivity contribution in [1.29, 1.82) is 0 Å². The molecule has 1 aromatic carbocycles. The van der Waals surface area contributed by atoms with Crippen LogP contribution in [0.2, 0.25) is 0 Å². The van der Waals surface area contributed by atoms with E-state index < -0.39 is 0 Å². The van der Waals surface area contributed by atoms with Gasteiger partial charge in [0, 0.05) is 37.5 Å². The maximum Gasteiger partial charge on any atom is 0.227 e. The van der Waals surface area contributed by atoms with Crippen molar-refractivity contribution in [3.8, 4) is 0 Å². The summed E-state index contributed by atoms with van der Waals surface area (Å²) in [6.45, 7) is 8.79. The highest BCUT2D eigenvalue weighted by Gasteiger charge is 2.26. The predicted octanol–water partition coefficient (Wildman–Crippen LogP) is 3.06. The van der Waals surface area contributed by atoms with Gasteiger partial charge in [-0.3, -0.25) is 9.59 Å². The van der Waals surface area contributed by atoms with E-state index in [1.54, 1.807) is 11.8 Å². The summed E-state index contributed by atoms with van der Waals surface area (Å²) in [5.41, 5.74) is 1.05. The van der Waals surface area contributed by atoms with Gasteiger partial charge in [-0.25, -0.2) is 0 Å². The zero-order valence-electron chi connectivity index (χ0n) is 15.2. The SMILES string of the molecule is CSc1ccc(CC(=O)N2CCN(C(=O)CC(C)(C)C)CC2)cc1. The molecule has 4 nitrogen and oxygen atoms in total. The van der Waals surface area contributed by atoms with E-state index in [1.807, 2.05) is 28.2 Å². The lowest BCUT2D eigenvalue weighted by molar-refractivity contribution is -0.140. The van der Waals surface area contributed by atoms with Crippen molar-refractivity contribution in [3.63, 3.8) is 0 Å². The third-order valence-electron chi connectivity index (χ3n) is 4.18. The maximum atomic E-state index is 12.4. The zero-order valence-corrected chi connectivity index (χ0v) is 16.0. The molecule has 0 radical (unpaired) electrons. The summed E-state index contributed by atoms with van der Waals surface area (Å²) in [6.07, 6.45) is 3.04. The van der Waals surface area contributed by atoms with E-state index in [0.717, 1.165) is 5.56 Å². The van der Waals surface area contributed by atoms with Gasteiger partial charge >= 0.3 is 0 Å². The van der Waals surface area contributed by atoms with Crippen molar-refractivity contribution in [3.05, 3.63) is 29.8 Å². The highest BCUT2D eigenvalue weighted by molar-refractivity contribution is 7.98. The standard InChI is InChI=1S/C19H28N2O2S/c1-19(2,3)14-18(23)21-11-9-20(10-12-21)17(22)13-15-5-7-16(24-4)8-6-15/h5-8H,9-14H2,1-4H3. The molecule has 1 aliphatic rings. The molecule has 0 aromatic heterocycles. The second-order valence-corrected chi connectivity index (χ2v) is 8.40. The first-order chi connectivity index (χ1) is 11.3. The lowest BCUT2D eigenvalue weighted by Crippen LogP contribution is -2.51. The van der Waals surface area contributed by atoms with Crippen molar-refractivity contribution >= 4 is 23.6 Å². The highest BCUT2D eigenvalue weighted by atomic mass is 32.2. The lowest BCUT2D eigenvalue weighted by atomic mass is 9.91. The summed E-state index contributed by atoms with van der Waals surface area (Å²) in [5.74, 6) is 0.345. The van der Waals surface area contributed by atoms with Gasteiger partial charge in [0.2, 0.25) is 11.8 Å². The molecule has 0 bridgehead atoms. The Morgan fingerprint density at radius 3 is 1.92 bits per heavy atom. The zero-order chi connectivity index (χ0) is 17.7. The number of piperazine rings is 1. The number of nitrogens with zero attached hydrogens (tertiary/aromatic N) is 2. The Morgan fingerprint density at radius 2 is 1.46 bits per heavy atom. The molecule has 0 saturated carbocycles. The Kier molecular flexibility index (Phi) is 6.33. The Labute approximate surface area is 149 Å². The van der Waals surface area contributed by atoms with E-state index in [4.69, 9.17) is 0 Å². The fourth-order valence-electron chi connectivity index (χ4n) is 2.80. The Morgan fingerprint density at radius 1 is 0.958 bits per heavy atom. The largest absolute Gasteiger partial charge is 0.339 e. The molecule has 1 saturated heterocycles. The van der Waals surface area contributed by atoms with E-state index in [2.05, 4.69) is 32.9 Å². The van der Waals surface area contributed by atoms with Crippen LogP contribution in [0.5, 0.6) is 0 Å². The van der Waals surface area contributed by atoms with Gasteiger partial charge in [-0.15, -0.1) is 11.8 Å². The number of carbonyl (C=O) groups excluding carboxylic acids is 2. The Balaban J connectivity index is 1.82. The van der Waals surface area contributed by atoms with Crippen molar-refractivity contribution in [2.75, 3.05) is 32.4 Å². The molecule has 0 aliphatic carbocycles. The average Bonchev–Trinajstić information content (AvgIpc) is 2.54. The fourth-order valence-corrected chi connectivity index (χ4v) is 3.21. The molecule has 1 aliphatic heterocycles. The quantitative estimate of drug-likeness (QED) is 0.785. The second kappa shape index (κ2) is 8.06. The van der Waals surface area contributed by atoms with Gasteiger partial charge in [-0.1, -0.05) is 32.9 Å². The topological polar surface area (TPSA) is 40.6 Å². The van der Waals surface area contributed by atoms with Crippen LogP contribution in [0.15, 0.2) is 29.2 Å². The predicted molar refractivity (Wildman–Crippen MR) is 99.2 cm³/mol. The number of amides is 2. The molecule has 2 rings (SSSR count). The minimum absolute atomic E-state index is 0.00692. The van der Waals surface area contributed by atoms with Gasteiger partial charge in [0.25, 0.3) is 0 Å². The summed E-state index contributed by atoms with van der Waals surface area (Å²) in [6, 6.07) is 8.15. The van der Waals surface area contributed by atoms with E-state index in [-0.39, 0.29) is 17.2 Å². The van der Waals surface area contributed by atoms with E-state index >= 15 is 0 Å². The number of thioether (sulfide) groups is 1. The number of carbonyl (C=O) groups is 2. The van der Waals surface area contributed by atoms with Crippen LogP contribution in [0.25, 0.3) is 0 Å². The summed E-state index contributed by atoms with van der Waals surface area (Å²) in [7, 11) is 0. The molecule has 0 unspecified atom stereocenters. The number of hydrogen-bond donors (Lipinski definition) is 0. The van der Waals surface area contributed by atoms with Crippen LogP contribution in [0.3, 0.4) is 0 Å². The number of rotatable bonds is 4. The van der Waals surface area contributed by atoms with E-state index in [0.29, 0.717) is 39.0 Å². The summed E-state index contributed by atoms with van der Waals surface area (Å²) in [5, 5.41) is 0. The monoisotopic (exact) mass is 348 g/mol. The molecule has 132 valence electrons. The third-order valence-corrected chi connectivity index (χ3v) is 4.92. The summed E-state index contributed by atoms with van der Waals surface area (Å²) < 4.78 is 0. The van der Waals surface area contributed by atoms with Crippen LogP contribution in [0.1, 0.15) is 32.8 Å². The molecule has 0 atom stereocenters. The van der Waals surface area contributed by atoms with Gasteiger partial charge in [-0.05, 0) is 29.4 Å². The molecular formula is C19H28N2O2S. The van der Waals surface area contributed by atoms with E-state index in [9.17, 15) is 9.59 Å². The molecule has 1 fully saturated rings. The summed E-state index contributed by atoms with van der Waals surface area (Å²) >= 11 is 1.70. The number of benzene rings is 1. The fraction of sp³-hybridized carbons (Fsp3) is 0.579. The third kappa shape index (κ3) is 5.55. The van der Waals surface area contributed by atoms with Crippen LogP contribution in [-0.4, -0.2) is 54.0 Å². The van der Waals surface area contributed by atoms with Crippen LogP contribution in [0.4, 0.5) is 0 Å². The van der Waals surface area contributed by atoms with Gasteiger partial charge in [-0.2, -0.15) is 0 Å². The first-order valence-corrected chi connectivity index (χ1v) is 9.69. The van der Waals surface area contributed by atoms with Crippen molar-refractivity contribution in [2.45, 2.75) is 38.5 Å². The molecule has 2 amide bonds. The van der Waals surface area contributed by atoms with Crippen LogP contribution < -0.4 is 0 Å². The molecule has 0 spiro atoms. The number of hydrogen-bond acceptors (Lipinski definition) is 3. The molecule has 5 heteroatoms. The Bertz CT molecular complexity index is 570. The molecule has 0 N–H and O–H groups in total. The van der Waals surface area contributed by atoms with Crippen molar-refractivity contribution in [1.82, 2.24) is 9.80 Å². The van der Waals surface area contributed by atoms with Crippen LogP contribution in [-0.2, 0) is 16.0 Å². The first kappa shape index (κ1) is 18.8. The smallest absolute Gasteiger partial charge is 0.227 e. The second-order valence-electron chi connectivity index (χ2n) is 7.52. The average molecular weight is 349 g/mol. The Hall–Kier alpha value is -1.49. The van der Waals surface area contributed by atoms with Crippen molar-refractivity contribution < 1.29 is 9.59 Å². The van der Waals surface area contributed by atoms with E-state index in [1.165, 1.54) is 4.90 Å². The minimum Gasteiger partial charge on any atom is -0.339 e. The van der Waals surface area contributed by atoms with Gasteiger partial charge in [0.1, 0.15) is 0 Å². The minimum atomic E-state index is 0.00692. The molecule has 1 aromatic rings. The molecule has 24 heavy (non-hydrogen) atoms. The van der Waals surface area contributed by atoms with Gasteiger partial charge in [0.15, 0.2) is 0 Å². The summed E-state index contributed by atoms with van der Waals surface area (Å²) in [4.78, 5) is 29.7. The van der Waals surface area contributed by atoms with Crippen LogP contribution >= 0.6 is 11.8 Å². The maximum absolute atomic E-state index is 12.4. The molecule has 1 heterocycles.